The van der Waals surface area contributed by atoms with Crippen LogP contribution in [0.1, 0.15) is 11.1 Å². The number of benzene rings is 1. The maximum absolute atomic E-state index is 3.36. The van der Waals surface area contributed by atoms with Crippen LogP contribution in [0.5, 0.6) is 0 Å². The van der Waals surface area contributed by atoms with Gasteiger partial charge in [-0.05, 0) is 73.3 Å². The summed E-state index contributed by atoms with van der Waals surface area (Å²) >= 11 is 2.39. The lowest BCUT2D eigenvalue weighted by Gasteiger charge is -2.08. The smallest absolute Gasteiger partial charge is 0.0467 e. The van der Waals surface area contributed by atoms with Gasteiger partial charge in [-0.1, -0.05) is 0 Å². The van der Waals surface area contributed by atoms with Crippen LogP contribution < -0.4 is 0 Å². The van der Waals surface area contributed by atoms with E-state index in [4.69, 9.17) is 0 Å². The monoisotopic (exact) mass is 328 g/mol. The standard InChI is InChI=1S/C13H17IN2/c1-9-6-11-10(4-5-16(2)3)8-15-13(11)7-12(9)14/h6-8,15H,4-5H2,1-3H3. The minimum Gasteiger partial charge on any atom is -0.361 e. The molecule has 0 aliphatic heterocycles. The quantitative estimate of drug-likeness (QED) is 0.858. The summed E-state index contributed by atoms with van der Waals surface area (Å²) in [5.41, 5.74) is 4.03. The number of likely N-dealkylation sites (N-methyl/N-ethyl adjacent to an activating group) is 1. The normalized spacial score (nSPS) is 11.6. The molecule has 1 aromatic carbocycles. The molecule has 0 radical (unpaired) electrons. The highest BCUT2D eigenvalue weighted by atomic mass is 127. The molecule has 0 aliphatic carbocycles. The van der Waals surface area contributed by atoms with Crippen molar-refractivity contribution < 1.29 is 0 Å². The van der Waals surface area contributed by atoms with Crippen LogP contribution in [0, 0.1) is 10.5 Å². The molecule has 0 saturated heterocycles. The lowest BCUT2D eigenvalue weighted by molar-refractivity contribution is 0.414. The number of nitrogens with one attached hydrogen (secondary N) is 1. The number of hydrogen-bond donors (Lipinski definition) is 1. The zero-order valence-corrected chi connectivity index (χ0v) is 12.1. The van der Waals surface area contributed by atoms with Crippen LogP contribution in [-0.4, -0.2) is 30.5 Å². The van der Waals surface area contributed by atoms with E-state index < -0.39 is 0 Å². The Balaban J connectivity index is 2.36. The Morgan fingerprint density at radius 3 is 2.75 bits per heavy atom. The van der Waals surface area contributed by atoms with Crippen LogP contribution in [-0.2, 0) is 6.42 Å². The van der Waals surface area contributed by atoms with Gasteiger partial charge in [0.1, 0.15) is 0 Å². The maximum atomic E-state index is 3.36. The van der Waals surface area contributed by atoms with Crippen LogP contribution in [0.3, 0.4) is 0 Å². The molecule has 0 bridgehead atoms. The van der Waals surface area contributed by atoms with Gasteiger partial charge < -0.3 is 9.88 Å². The highest BCUT2D eigenvalue weighted by Gasteiger charge is 2.06. The summed E-state index contributed by atoms with van der Waals surface area (Å²) in [4.78, 5) is 5.58. The van der Waals surface area contributed by atoms with Crippen molar-refractivity contribution in [3.63, 3.8) is 0 Å². The third kappa shape index (κ3) is 2.40. The molecule has 0 aliphatic rings. The summed E-state index contributed by atoms with van der Waals surface area (Å²) in [6, 6.07) is 4.52. The zero-order chi connectivity index (χ0) is 11.7. The number of halogens is 1. The number of aromatic nitrogens is 1. The van der Waals surface area contributed by atoms with E-state index in [1.165, 1.54) is 25.6 Å². The van der Waals surface area contributed by atoms with Crippen molar-refractivity contribution in [3.05, 3.63) is 33.0 Å². The van der Waals surface area contributed by atoms with Crippen molar-refractivity contribution in [1.82, 2.24) is 9.88 Å². The molecule has 0 spiro atoms. The van der Waals surface area contributed by atoms with E-state index in [9.17, 15) is 0 Å². The molecule has 2 nitrogen and oxygen atoms in total. The molecular formula is C13H17IN2. The van der Waals surface area contributed by atoms with Crippen molar-refractivity contribution in [2.45, 2.75) is 13.3 Å². The fourth-order valence-electron chi connectivity index (χ4n) is 1.86. The van der Waals surface area contributed by atoms with Crippen LogP contribution >= 0.6 is 22.6 Å². The van der Waals surface area contributed by atoms with Crippen LogP contribution in [0.4, 0.5) is 0 Å². The van der Waals surface area contributed by atoms with E-state index in [0.717, 1.165) is 13.0 Å². The van der Waals surface area contributed by atoms with Crippen molar-refractivity contribution >= 4 is 33.5 Å². The molecular weight excluding hydrogens is 311 g/mol. The zero-order valence-electron chi connectivity index (χ0n) is 9.97. The number of H-pyrrole nitrogens is 1. The second-order valence-corrected chi connectivity index (χ2v) is 5.68. The summed E-state index contributed by atoms with van der Waals surface area (Å²) in [5.74, 6) is 0. The van der Waals surface area contributed by atoms with Gasteiger partial charge >= 0.3 is 0 Å². The van der Waals surface area contributed by atoms with Gasteiger partial charge in [-0.25, -0.2) is 0 Å². The van der Waals surface area contributed by atoms with E-state index in [2.05, 4.69) is 71.8 Å². The van der Waals surface area contributed by atoms with Crippen molar-refractivity contribution in [2.24, 2.45) is 0 Å². The number of fused-ring (bicyclic) bond motifs is 1. The first kappa shape index (κ1) is 11.9. The van der Waals surface area contributed by atoms with E-state index in [1.807, 2.05) is 0 Å². The molecule has 0 atom stereocenters. The first-order chi connectivity index (χ1) is 7.58. The summed E-state index contributed by atoms with van der Waals surface area (Å²) in [6.45, 7) is 3.27. The predicted molar refractivity (Wildman–Crippen MR) is 78.0 cm³/mol. The lowest BCUT2D eigenvalue weighted by Crippen LogP contribution is -2.14. The van der Waals surface area contributed by atoms with E-state index in [1.54, 1.807) is 0 Å². The van der Waals surface area contributed by atoms with Gasteiger partial charge in [0.2, 0.25) is 0 Å². The van der Waals surface area contributed by atoms with Crippen LogP contribution in [0.2, 0.25) is 0 Å². The topological polar surface area (TPSA) is 19.0 Å². The Kier molecular flexibility index (Phi) is 3.54. The largest absolute Gasteiger partial charge is 0.361 e. The summed E-state index contributed by atoms with van der Waals surface area (Å²) in [6.07, 6.45) is 3.25. The van der Waals surface area contributed by atoms with Gasteiger partial charge in [0.05, 0.1) is 0 Å². The average Bonchev–Trinajstić information content (AvgIpc) is 2.58. The Bertz CT molecular complexity index is 500. The van der Waals surface area contributed by atoms with Gasteiger partial charge in [-0.2, -0.15) is 0 Å². The minimum absolute atomic E-state index is 1.10. The second kappa shape index (κ2) is 4.75. The van der Waals surface area contributed by atoms with Gasteiger partial charge in [0.15, 0.2) is 0 Å². The summed E-state index contributed by atoms with van der Waals surface area (Å²) in [5, 5.41) is 1.37. The van der Waals surface area contributed by atoms with E-state index >= 15 is 0 Å². The number of hydrogen-bond acceptors (Lipinski definition) is 1. The molecule has 1 aromatic heterocycles. The van der Waals surface area contributed by atoms with Crippen molar-refractivity contribution in [3.8, 4) is 0 Å². The highest BCUT2D eigenvalue weighted by Crippen LogP contribution is 2.24. The minimum atomic E-state index is 1.10. The van der Waals surface area contributed by atoms with Crippen molar-refractivity contribution in [1.29, 1.82) is 0 Å². The SMILES string of the molecule is Cc1cc2c(CCN(C)C)c[nH]c2cc1I. The van der Waals surface area contributed by atoms with Crippen molar-refractivity contribution in [2.75, 3.05) is 20.6 Å². The summed E-state index contributed by atoms with van der Waals surface area (Å²) < 4.78 is 1.33. The summed E-state index contributed by atoms with van der Waals surface area (Å²) in [7, 11) is 4.23. The van der Waals surface area contributed by atoms with Gasteiger partial charge in [-0.15, -0.1) is 0 Å². The van der Waals surface area contributed by atoms with Crippen LogP contribution in [0.25, 0.3) is 10.9 Å². The van der Waals surface area contributed by atoms with Gasteiger partial charge in [-0.3, -0.25) is 0 Å². The number of aromatic amines is 1. The molecule has 3 heteroatoms. The lowest BCUT2D eigenvalue weighted by atomic mass is 10.1. The Labute approximate surface area is 110 Å². The highest BCUT2D eigenvalue weighted by molar-refractivity contribution is 14.1. The number of aryl methyl sites for hydroxylation is 1. The van der Waals surface area contributed by atoms with Gasteiger partial charge in [0.25, 0.3) is 0 Å². The Hall–Kier alpha value is -0.550. The third-order valence-corrected chi connectivity index (χ3v) is 4.04. The first-order valence-electron chi connectivity index (χ1n) is 5.49. The van der Waals surface area contributed by atoms with Crippen LogP contribution in [0.15, 0.2) is 18.3 Å². The third-order valence-electron chi connectivity index (χ3n) is 2.88. The number of nitrogens with zero attached hydrogens (tertiary/aromatic N) is 1. The fraction of sp³-hybridized carbons (Fsp3) is 0.385. The molecule has 1 N–H and O–H groups in total. The molecule has 0 saturated carbocycles. The molecule has 16 heavy (non-hydrogen) atoms. The predicted octanol–water partition coefficient (Wildman–Crippen LogP) is 3.19. The Morgan fingerprint density at radius 2 is 2.06 bits per heavy atom. The molecule has 2 rings (SSSR count). The molecule has 1 heterocycles. The molecule has 86 valence electrons. The second-order valence-electron chi connectivity index (χ2n) is 4.51. The van der Waals surface area contributed by atoms with E-state index in [0.29, 0.717) is 0 Å². The number of rotatable bonds is 3. The molecule has 0 unspecified atom stereocenters. The van der Waals surface area contributed by atoms with Gasteiger partial charge in [0, 0.05) is 27.2 Å². The molecule has 0 amide bonds. The Morgan fingerprint density at radius 1 is 1.31 bits per heavy atom. The molecule has 0 fully saturated rings. The fourth-order valence-corrected chi connectivity index (χ4v) is 2.33. The molecule has 2 aromatic rings. The van der Waals surface area contributed by atoms with E-state index in [-0.39, 0.29) is 0 Å². The average molecular weight is 328 g/mol. The first-order valence-corrected chi connectivity index (χ1v) is 6.56. The maximum Gasteiger partial charge on any atom is 0.0467 e.